The molecule has 0 radical (unpaired) electrons. The average molecular weight is 314 g/mol. The van der Waals surface area contributed by atoms with Crippen molar-refractivity contribution in [2.45, 2.75) is 39.7 Å². The minimum absolute atomic E-state index is 0.398. The van der Waals surface area contributed by atoms with Crippen LogP contribution in [0.4, 0.5) is 0 Å². The predicted molar refractivity (Wildman–Crippen MR) is 81.2 cm³/mol. The maximum atomic E-state index is 5.25. The molecule has 102 valence electrons. The van der Waals surface area contributed by atoms with Gasteiger partial charge in [-0.1, -0.05) is 49.2 Å². The summed E-state index contributed by atoms with van der Waals surface area (Å²) in [6.45, 7) is 7.69. The second-order valence-corrected chi connectivity index (χ2v) is 5.54. The monoisotopic (exact) mass is 313 g/mol. The van der Waals surface area contributed by atoms with Crippen LogP contribution in [0.5, 0.6) is 5.75 Å². The third-order valence-corrected chi connectivity index (χ3v) is 3.97. The summed E-state index contributed by atoms with van der Waals surface area (Å²) in [6.07, 6.45) is 2.45. The molecule has 0 saturated carbocycles. The Hall–Kier alpha value is -0.540. The summed E-state index contributed by atoms with van der Waals surface area (Å²) in [4.78, 5) is 0. The highest BCUT2D eigenvalue weighted by atomic mass is 79.9. The van der Waals surface area contributed by atoms with Crippen LogP contribution in [0.15, 0.2) is 22.7 Å². The standard InChI is InChI=1S/C15H24BrNO/c1-5-7-11(3)15(17-6-2)13-9-8-12(18-4)10-14(13)16/h8-11,15,17H,5-7H2,1-4H3. The van der Waals surface area contributed by atoms with Crippen molar-refractivity contribution in [3.63, 3.8) is 0 Å². The van der Waals surface area contributed by atoms with Crippen LogP contribution < -0.4 is 10.1 Å². The van der Waals surface area contributed by atoms with E-state index in [0.29, 0.717) is 12.0 Å². The Kier molecular flexibility index (Phi) is 6.72. The van der Waals surface area contributed by atoms with Crippen LogP contribution in [-0.2, 0) is 0 Å². The summed E-state index contributed by atoms with van der Waals surface area (Å²) in [5.41, 5.74) is 1.32. The van der Waals surface area contributed by atoms with Crippen LogP contribution in [0.3, 0.4) is 0 Å². The fourth-order valence-corrected chi connectivity index (χ4v) is 2.95. The van der Waals surface area contributed by atoms with Crippen molar-refractivity contribution in [3.8, 4) is 5.75 Å². The van der Waals surface area contributed by atoms with Gasteiger partial charge in [-0.3, -0.25) is 0 Å². The van der Waals surface area contributed by atoms with E-state index in [0.717, 1.165) is 16.8 Å². The summed E-state index contributed by atoms with van der Waals surface area (Å²) in [5, 5.41) is 3.59. The Bertz CT molecular complexity index is 368. The number of hydrogen-bond acceptors (Lipinski definition) is 2. The topological polar surface area (TPSA) is 21.3 Å². The molecule has 0 saturated heterocycles. The Morgan fingerprint density at radius 2 is 2.06 bits per heavy atom. The van der Waals surface area contributed by atoms with E-state index in [1.54, 1.807) is 7.11 Å². The van der Waals surface area contributed by atoms with Gasteiger partial charge in [-0.25, -0.2) is 0 Å². The Labute approximate surface area is 119 Å². The van der Waals surface area contributed by atoms with Gasteiger partial charge in [0, 0.05) is 10.5 Å². The van der Waals surface area contributed by atoms with Gasteiger partial charge >= 0.3 is 0 Å². The van der Waals surface area contributed by atoms with E-state index < -0.39 is 0 Å². The molecule has 1 rings (SSSR count). The molecule has 2 atom stereocenters. The molecule has 0 fully saturated rings. The molecule has 0 spiro atoms. The van der Waals surface area contributed by atoms with Gasteiger partial charge in [0.05, 0.1) is 7.11 Å². The van der Waals surface area contributed by atoms with Crippen LogP contribution in [0, 0.1) is 5.92 Å². The fourth-order valence-electron chi connectivity index (χ4n) is 2.35. The van der Waals surface area contributed by atoms with Crippen LogP contribution in [-0.4, -0.2) is 13.7 Å². The minimum Gasteiger partial charge on any atom is -0.497 e. The lowest BCUT2D eigenvalue weighted by Gasteiger charge is -2.26. The second-order valence-electron chi connectivity index (χ2n) is 4.69. The van der Waals surface area contributed by atoms with Crippen LogP contribution in [0.25, 0.3) is 0 Å². The van der Waals surface area contributed by atoms with Crippen molar-refractivity contribution in [1.82, 2.24) is 5.32 Å². The summed E-state index contributed by atoms with van der Waals surface area (Å²) in [7, 11) is 1.70. The van der Waals surface area contributed by atoms with E-state index in [1.165, 1.54) is 18.4 Å². The molecule has 2 nitrogen and oxygen atoms in total. The molecular weight excluding hydrogens is 290 g/mol. The van der Waals surface area contributed by atoms with Gasteiger partial charge in [0.15, 0.2) is 0 Å². The molecule has 2 unspecified atom stereocenters. The van der Waals surface area contributed by atoms with Crippen molar-refractivity contribution in [2.24, 2.45) is 5.92 Å². The van der Waals surface area contributed by atoms with E-state index in [9.17, 15) is 0 Å². The first kappa shape index (κ1) is 15.5. The zero-order valence-electron chi connectivity index (χ0n) is 11.8. The van der Waals surface area contributed by atoms with E-state index in [2.05, 4.69) is 48.1 Å². The fraction of sp³-hybridized carbons (Fsp3) is 0.600. The molecule has 1 aromatic rings. The summed E-state index contributed by atoms with van der Waals surface area (Å²) in [5.74, 6) is 1.52. The number of halogens is 1. The first-order valence-electron chi connectivity index (χ1n) is 6.70. The highest BCUT2D eigenvalue weighted by Crippen LogP contribution is 2.33. The number of benzene rings is 1. The third kappa shape index (κ3) is 3.99. The smallest absolute Gasteiger partial charge is 0.120 e. The number of hydrogen-bond donors (Lipinski definition) is 1. The minimum atomic E-state index is 0.398. The molecule has 3 heteroatoms. The highest BCUT2D eigenvalue weighted by Gasteiger charge is 2.20. The van der Waals surface area contributed by atoms with Crippen molar-refractivity contribution >= 4 is 15.9 Å². The van der Waals surface area contributed by atoms with Gasteiger partial charge in [0.1, 0.15) is 5.75 Å². The molecule has 0 aliphatic rings. The van der Waals surface area contributed by atoms with E-state index >= 15 is 0 Å². The number of nitrogens with one attached hydrogen (secondary N) is 1. The molecule has 0 aliphatic heterocycles. The average Bonchev–Trinajstić information content (AvgIpc) is 2.36. The Balaban J connectivity index is 2.97. The van der Waals surface area contributed by atoms with Crippen LogP contribution in [0.1, 0.15) is 45.2 Å². The normalized spacial score (nSPS) is 14.3. The third-order valence-electron chi connectivity index (χ3n) is 3.28. The molecule has 1 aromatic carbocycles. The lowest BCUT2D eigenvalue weighted by Crippen LogP contribution is -2.27. The van der Waals surface area contributed by atoms with E-state index in [-0.39, 0.29) is 0 Å². The summed E-state index contributed by atoms with van der Waals surface area (Å²) >= 11 is 3.66. The first-order chi connectivity index (χ1) is 8.63. The lowest BCUT2D eigenvalue weighted by molar-refractivity contribution is 0.367. The predicted octanol–water partition coefficient (Wildman–Crippen LogP) is 4.54. The maximum absolute atomic E-state index is 5.25. The lowest BCUT2D eigenvalue weighted by atomic mass is 9.91. The summed E-state index contributed by atoms with van der Waals surface area (Å²) in [6, 6.07) is 6.62. The van der Waals surface area contributed by atoms with Crippen molar-refractivity contribution < 1.29 is 4.74 Å². The number of methoxy groups -OCH3 is 1. The SMILES string of the molecule is CCCC(C)C(NCC)c1ccc(OC)cc1Br. The number of ether oxygens (including phenoxy) is 1. The summed E-state index contributed by atoms with van der Waals surface area (Å²) < 4.78 is 6.37. The zero-order chi connectivity index (χ0) is 13.5. The molecule has 0 heterocycles. The Morgan fingerprint density at radius 3 is 2.56 bits per heavy atom. The van der Waals surface area contributed by atoms with Gasteiger partial charge in [0.2, 0.25) is 0 Å². The first-order valence-corrected chi connectivity index (χ1v) is 7.50. The largest absolute Gasteiger partial charge is 0.497 e. The molecule has 0 aromatic heterocycles. The molecule has 0 aliphatic carbocycles. The molecule has 18 heavy (non-hydrogen) atoms. The quantitative estimate of drug-likeness (QED) is 0.797. The van der Waals surface area contributed by atoms with Gasteiger partial charge in [-0.05, 0) is 36.6 Å². The highest BCUT2D eigenvalue weighted by molar-refractivity contribution is 9.10. The van der Waals surface area contributed by atoms with Gasteiger partial charge < -0.3 is 10.1 Å². The van der Waals surface area contributed by atoms with Crippen LogP contribution >= 0.6 is 15.9 Å². The van der Waals surface area contributed by atoms with Gasteiger partial charge in [0.25, 0.3) is 0 Å². The second kappa shape index (κ2) is 7.80. The van der Waals surface area contributed by atoms with E-state index in [4.69, 9.17) is 4.74 Å². The Morgan fingerprint density at radius 1 is 1.33 bits per heavy atom. The molecule has 0 bridgehead atoms. The van der Waals surface area contributed by atoms with Crippen LogP contribution in [0.2, 0.25) is 0 Å². The van der Waals surface area contributed by atoms with Gasteiger partial charge in [-0.2, -0.15) is 0 Å². The van der Waals surface area contributed by atoms with Crippen molar-refractivity contribution in [3.05, 3.63) is 28.2 Å². The van der Waals surface area contributed by atoms with Crippen molar-refractivity contribution in [1.29, 1.82) is 0 Å². The molecule has 0 amide bonds. The molecule has 1 N–H and O–H groups in total. The number of rotatable bonds is 7. The maximum Gasteiger partial charge on any atom is 0.120 e. The van der Waals surface area contributed by atoms with E-state index in [1.807, 2.05) is 12.1 Å². The van der Waals surface area contributed by atoms with Crippen molar-refractivity contribution in [2.75, 3.05) is 13.7 Å². The zero-order valence-corrected chi connectivity index (χ0v) is 13.4. The van der Waals surface area contributed by atoms with Gasteiger partial charge in [-0.15, -0.1) is 0 Å². The molecular formula is C15H24BrNO.